The van der Waals surface area contributed by atoms with Crippen LogP contribution in [0.1, 0.15) is 0 Å². The van der Waals surface area contributed by atoms with E-state index in [4.69, 9.17) is 30.2 Å². The van der Waals surface area contributed by atoms with Gasteiger partial charge in [0.25, 0.3) is 5.91 Å². The molecule has 34 heavy (non-hydrogen) atoms. The highest BCUT2D eigenvalue weighted by molar-refractivity contribution is 6.31. The highest BCUT2D eigenvalue weighted by atomic mass is 35.5. The minimum atomic E-state index is -0.658. The lowest BCUT2D eigenvalue weighted by Crippen LogP contribution is -2.23. The topological polar surface area (TPSA) is 87.0 Å². The second kappa shape index (κ2) is 9.84. The summed E-state index contributed by atoms with van der Waals surface area (Å²) in [5.74, 6) is -0.490. The van der Waals surface area contributed by atoms with Gasteiger partial charge in [-0.05, 0) is 48.5 Å². The lowest BCUT2D eigenvalue weighted by atomic mass is 10.1. The summed E-state index contributed by atoms with van der Waals surface area (Å²) in [4.78, 5) is 25.7. The molecular formula is C25H19ClFNO6. The number of halogens is 2. The number of amides is 1. The molecule has 3 aromatic carbocycles. The molecule has 0 unspecified atom stereocenters. The van der Waals surface area contributed by atoms with Crippen LogP contribution in [0, 0.1) is 5.82 Å². The average Bonchev–Trinajstić information content (AvgIpc) is 2.84. The molecule has 1 aromatic heterocycles. The van der Waals surface area contributed by atoms with Crippen LogP contribution in [0.15, 0.2) is 69.9 Å². The van der Waals surface area contributed by atoms with Crippen molar-refractivity contribution >= 4 is 34.2 Å². The molecular weight excluding hydrogens is 465 g/mol. The first kappa shape index (κ1) is 23.1. The van der Waals surface area contributed by atoms with Crippen LogP contribution < -0.4 is 25.0 Å². The Hall–Kier alpha value is -4.04. The highest BCUT2D eigenvalue weighted by Crippen LogP contribution is 2.37. The van der Waals surface area contributed by atoms with Crippen molar-refractivity contribution in [1.82, 2.24) is 0 Å². The Bertz CT molecular complexity index is 1440. The van der Waals surface area contributed by atoms with Crippen LogP contribution in [0.2, 0.25) is 5.02 Å². The summed E-state index contributed by atoms with van der Waals surface area (Å²) in [5.41, 5.74) is 0.208. The molecule has 4 aromatic rings. The van der Waals surface area contributed by atoms with E-state index in [-0.39, 0.29) is 28.2 Å². The van der Waals surface area contributed by atoms with Crippen molar-refractivity contribution in [2.45, 2.75) is 0 Å². The monoisotopic (exact) mass is 483 g/mol. The first-order valence-electron chi connectivity index (χ1n) is 10.1. The predicted molar refractivity (Wildman–Crippen MR) is 127 cm³/mol. The predicted octanol–water partition coefficient (Wildman–Crippen LogP) is 5.29. The molecule has 174 valence electrons. The Morgan fingerprint density at radius 1 is 1.03 bits per heavy atom. The van der Waals surface area contributed by atoms with Crippen molar-refractivity contribution < 1.29 is 27.8 Å². The summed E-state index contributed by atoms with van der Waals surface area (Å²) in [6.07, 6.45) is 0. The lowest BCUT2D eigenvalue weighted by Gasteiger charge is -2.14. The second-order valence-corrected chi connectivity index (χ2v) is 7.55. The molecule has 1 N–H and O–H groups in total. The van der Waals surface area contributed by atoms with E-state index in [0.29, 0.717) is 22.1 Å². The van der Waals surface area contributed by atoms with Crippen LogP contribution in [0.25, 0.3) is 22.3 Å². The van der Waals surface area contributed by atoms with Gasteiger partial charge in [0.2, 0.25) is 11.2 Å². The Kier molecular flexibility index (Phi) is 6.70. The SMILES string of the molecule is COc1ccc(-c2oc3ccc(Cl)cc3c(=O)c2OCC(=O)Nc2ccccc2F)cc1OC. The lowest BCUT2D eigenvalue weighted by molar-refractivity contribution is -0.118. The first-order valence-corrected chi connectivity index (χ1v) is 10.4. The molecule has 0 fully saturated rings. The summed E-state index contributed by atoms with van der Waals surface area (Å²) < 4.78 is 36.1. The normalized spacial score (nSPS) is 10.7. The minimum absolute atomic E-state index is 0.00598. The van der Waals surface area contributed by atoms with Crippen LogP contribution in [-0.2, 0) is 4.79 Å². The van der Waals surface area contributed by atoms with Gasteiger partial charge in [-0.2, -0.15) is 0 Å². The van der Waals surface area contributed by atoms with E-state index in [1.165, 1.54) is 38.5 Å². The minimum Gasteiger partial charge on any atom is -0.493 e. The largest absolute Gasteiger partial charge is 0.493 e. The molecule has 0 aliphatic carbocycles. The fourth-order valence-corrected chi connectivity index (χ4v) is 3.51. The van der Waals surface area contributed by atoms with Crippen LogP contribution in [0.3, 0.4) is 0 Å². The maximum Gasteiger partial charge on any atom is 0.262 e. The molecule has 1 amide bonds. The number of hydrogen-bond acceptors (Lipinski definition) is 6. The summed E-state index contributed by atoms with van der Waals surface area (Å²) in [7, 11) is 2.98. The van der Waals surface area contributed by atoms with Crippen molar-refractivity contribution in [2.24, 2.45) is 0 Å². The molecule has 0 aliphatic rings. The number of benzene rings is 3. The van der Waals surface area contributed by atoms with Crippen LogP contribution in [0.5, 0.6) is 17.2 Å². The zero-order valence-electron chi connectivity index (χ0n) is 18.2. The molecule has 0 aliphatic heterocycles. The maximum atomic E-state index is 13.9. The van der Waals surface area contributed by atoms with E-state index >= 15 is 0 Å². The molecule has 0 saturated carbocycles. The van der Waals surface area contributed by atoms with Gasteiger partial charge in [-0.1, -0.05) is 23.7 Å². The third-order valence-corrected chi connectivity index (χ3v) is 5.19. The summed E-state index contributed by atoms with van der Waals surface area (Å²) in [5, 5.41) is 2.93. The van der Waals surface area contributed by atoms with Gasteiger partial charge in [-0.15, -0.1) is 0 Å². The van der Waals surface area contributed by atoms with E-state index in [1.807, 2.05) is 0 Å². The molecule has 0 radical (unpaired) electrons. The van der Waals surface area contributed by atoms with Crippen LogP contribution in [-0.4, -0.2) is 26.7 Å². The van der Waals surface area contributed by atoms with Crippen molar-refractivity contribution in [3.63, 3.8) is 0 Å². The zero-order valence-corrected chi connectivity index (χ0v) is 18.9. The molecule has 0 saturated heterocycles. The van der Waals surface area contributed by atoms with E-state index in [0.717, 1.165) is 0 Å². The Morgan fingerprint density at radius 3 is 2.53 bits per heavy atom. The molecule has 9 heteroatoms. The van der Waals surface area contributed by atoms with Crippen molar-refractivity contribution in [1.29, 1.82) is 0 Å². The van der Waals surface area contributed by atoms with Gasteiger partial charge in [-0.25, -0.2) is 4.39 Å². The second-order valence-electron chi connectivity index (χ2n) is 7.12. The number of anilines is 1. The Labute approximate surface area is 198 Å². The van der Waals surface area contributed by atoms with E-state index in [2.05, 4.69) is 5.32 Å². The number of carbonyl (C=O) groups excluding carboxylic acids is 1. The smallest absolute Gasteiger partial charge is 0.262 e. The van der Waals surface area contributed by atoms with Gasteiger partial charge < -0.3 is 23.9 Å². The van der Waals surface area contributed by atoms with Gasteiger partial charge in [0, 0.05) is 10.6 Å². The number of carbonyl (C=O) groups is 1. The first-order chi connectivity index (χ1) is 16.4. The number of methoxy groups -OCH3 is 2. The van der Waals surface area contributed by atoms with E-state index in [1.54, 1.807) is 36.4 Å². The molecule has 4 rings (SSSR count). The molecule has 0 atom stereocenters. The fourth-order valence-electron chi connectivity index (χ4n) is 3.34. The number of ether oxygens (including phenoxy) is 3. The van der Waals surface area contributed by atoms with Gasteiger partial charge >= 0.3 is 0 Å². The van der Waals surface area contributed by atoms with Crippen molar-refractivity contribution in [3.8, 4) is 28.6 Å². The number of rotatable bonds is 7. The highest BCUT2D eigenvalue weighted by Gasteiger charge is 2.21. The Balaban J connectivity index is 1.75. The maximum absolute atomic E-state index is 13.9. The van der Waals surface area contributed by atoms with Crippen LogP contribution in [0.4, 0.5) is 10.1 Å². The standard InChI is InChI=1S/C25H19ClFNO6/c1-31-20-9-7-14(11-21(20)32-2)24-25(23(30)16-12-15(26)8-10-19(16)34-24)33-13-22(29)28-18-6-4-3-5-17(18)27/h3-12H,13H2,1-2H3,(H,28,29). The fraction of sp³-hybridized carbons (Fsp3) is 0.120. The van der Waals surface area contributed by atoms with Crippen molar-refractivity contribution in [3.05, 3.63) is 81.7 Å². The summed E-state index contributed by atoms with van der Waals surface area (Å²) >= 11 is 6.05. The van der Waals surface area contributed by atoms with Crippen LogP contribution >= 0.6 is 11.6 Å². The summed E-state index contributed by atoms with van der Waals surface area (Å²) in [6, 6.07) is 15.2. The van der Waals surface area contributed by atoms with Gasteiger partial charge in [0.1, 0.15) is 11.4 Å². The van der Waals surface area contributed by atoms with Crippen molar-refractivity contribution in [2.75, 3.05) is 26.1 Å². The van der Waals surface area contributed by atoms with Gasteiger partial charge in [0.15, 0.2) is 23.9 Å². The number of hydrogen-bond donors (Lipinski definition) is 1. The number of para-hydroxylation sites is 1. The van der Waals surface area contributed by atoms with Gasteiger partial charge in [-0.3, -0.25) is 9.59 Å². The Morgan fingerprint density at radius 2 is 1.79 bits per heavy atom. The molecule has 0 bridgehead atoms. The zero-order chi connectivity index (χ0) is 24.2. The summed E-state index contributed by atoms with van der Waals surface area (Å²) in [6.45, 7) is -0.564. The quantitative estimate of drug-likeness (QED) is 0.384. The number of nitrogens with one attached hydrogen (secondary N) is 1. The van der Waals surface area contributed by atoms with E-state index < -0.39 is 23.8 Å². The molecule has 0 spiro atoms. The molecule has 7 nitrogen and oxygen atoms in total. The van der Waals surface area contributed by atoms with E-state index in [9.17, 15) is 14.0 Å². The third-order valence-electron chi connectivity index (χ3n) is 4.95. The molecule has 1 heterocycles. The number of fused-ring (bicyclic) bond motifs is 1. The average molecular weight is 484 g/mol. The third kappa shape index (κ3) is 4.67. The van der Waals surface area contributed by atoms with Gasteiger partial charge in [0.05, 0.1) is 25.3 Å².